The molecule has 1 N–H and O–H groups in total. The number of hydrogen-bond donors (Lipinski definition) is 1. The maximum absolute atomic E-state index is 12.5. The molecule has 2 atom stereocenters. The van der Waals surface area contributed by atoms with Crippen molar-refractivity contribution in [3.8, 4) is 11.3 Å². The number of hydrogen-bond acceptors (Lipinski definition) is 6. The van der Waals surface area contributed by atoms with Crippen LogP contribution in [0.15, 0.2) is 48.8 Å². The SMILES string of the molecule is CC.CC(C)(C)OC(=O)N1CC2CN(c3nc(-c4ccc5ccccc5c4)c4[nH]cnc4n3)CC2C1. The summed E-state index contributed by atoms with van der Waals surface area (Å²) in [7, 11) is 0. The van der Waals surface area contributed by atoms with Crippen molar-refractivity contribution in [2.24, 2.45) is 11.8 Å². The van der Waals surface area contributed by atoms with Crippen LogP contribution in [0.2, 0.25) is 0 Å². The Morgan fingerprint density at radius 2 is 1.67 bits per heavy atom. The minimum atomic E-state index is -0.479. The maximum atomic E-state index is 12.5. The molecule has 2 aromatic heterocycles. The summed E-state index contributed by atoms with van der Waals surface area (Å²) in [4.78, 5) is 34.0. The lowest BCUT2D eigenvalue weighted by molar-refractivity contribution is 0.0282. The Hall–Kier alpha value is -3.68. The average Bonchev–Trinajstić information content (AvgIpc) is 3.58. The number of anilines is 1. The van der Waals surface area contributed by atoms with Gasteiger partial charge < -0.3 is 19.5 Å². The van der Waals surface area contributed by atoms with E-state index in [4.69, 9.17) is 14.7 Å². The predicted octanol–water partition coefficient (Wildman–Crippen LogP) is 5.50. The van der Waals surface area contributed by atoms with Gasteiger partial charge in [-0.3, -0.25) is 0 Å². The van der Waals surface area contributed by atoms with E-state index in [1.807, 2.05) is 51.7 Å². The molecule has 0 aliphatic carbocycles. The molecule has 2 unspecified atom stereocenters. The molecule has 4 heterocycles. The van der Waals surface area contributed by atoms with Gasteiger partial charge in [0.05, 0.1) is 6.33 Å². The van der Waals surface area contributed by atoms with Crippen LogP contribution < -0.4 is 4.90 Å². The number of nitrogens with zero attached hydrogens (tertiary/aromatic N) is 5. The van der Waals surface area contributed by atoms with Crippen molar-refractivity contribution in [3.05, 3.63) is 48.8 Å². The number of imidazole rings is 1. The number of carbonyl (C=O) groups excluding carboxylic acids is 1. The lowest BCUT2D eigenvalue weighted by Crippen LogP contribution is -2.37. The van der Waals surface area contributed by atoms with Crippen molar-refractivity contribution >= 4 is 34.0 Å². The number of aromatic amines is 1. The fraction of sp³-hybridized carbons (Fsp3) is 0.429. The summed E-state index contributed by atoms with van der Waals surface area (Å²) in [5, 5.41) is 2.37. The summed E-state index contributed by atoms with van der Waals surface area (Å²) in [5.41, 5.74) is 2.92. The molecule has 2 fully saturated rings. The molecule has 2 aliphatic heterocycles. The molecule has 188 valence electrons. The van der Waals surface area contributed by atoms with Crippen LogP contribution in [0, 0.1) is 11.8 Å². The van der Waals surface area contributed by atoms with Crippen molar-refractivity contribution in [2.75, 3.05) is 31.1 Å². The summed E-state index contributed by atoms with van der Waals surface area (Å²) < 4.78 is 5.57. The smallest absolute Gasteiger partial charge is 0.410 e. The molecule has 4 aromatic rings. The highest BCUT2D eigenvalue weighted by molar-refractivity contribution is 5.93. The second-order valence-corrected chi connectivity index (χ2v) is 10.3. The van der Waals surface area contributed by atoms with Gasteiger partial charge in [0.25, 0.3) is 0 Å². The van der Waals surface area contributed by atoms with E-state index in [1.165, 1.54) is 10.8 Å². The number of benzene rings is 2. The molecule has 6 rings (SSSR count). The number of amides is 1. The van der Waals surface area contributed by atoms with Crippen molar-refractivity contribution in [1.82, 2.24) is 24.8 Å². The summed E-state index contributed by atoms with van der Waals surface area (Å²) in [6.07, 6.45) is 1.45. The van der Waals surface area contributed by atoms with E-state index in [1.54, 1.807) is 6.33 Å². The van der Waals surface area contributed by atoms with Crippen molar-refractivity contribution < 1.29 is 9.53 Å². The minimum Gasteiger partial charge on any atom is -0.444 e. The third-order valence-electron chi connectivity index (χ3n) is 6.72. The van der Waals surface area contributed by atoms with E-state index in [9.17, 15) is 4.79 Å². The zero-order valence-corrected chi connectivity index (χ0v) is 21.7. The van der Waals surface area contributed by atoms with Crippen LogP contribution in [-0.4, -0.2) is 62.7 Å². The Morgan fingerprint density at radius 3 is 2.36 bits per heavy atom. The van der Waals surface area contributed by atoms with Gasteiger partial charge in [0.15, 0.2) is 5.65 Å². The Morgan fingerprint density at radius 1 is 0.972 bits per heavy atom. The van der Waals surface area contributed by atoms with Gasteiger partial charge in [-0.2, -0.15) is 4.98 Å². The third-order valence-corrected chi connectivity index (χ3v) is 6.72. The summed E-state index contributed by atoms with van der Waals surface area (Å²) >= 11 is 0. The first kappa shape index (κ1) is 24.0. The van der Waals surface area contributed by atoms with Gasteiger partial charge in [-0.05, 0) is 37.6 Å². The molecule has 0 bridgehead atoms. The van der Waals surface area contributed by atoms with E-state index in [2.05, 4.69) is 45.2 Å². The number of ether oxygens (including phenoxy) is 1. The number of fused-ring (bicyclic) bond motifs is 3. The monoisotopic (exact) mass is 486 g/mol. The van der Waals surface area contributed by atoms with Gasteiger partial charge in [0.2, 0.25) is 5.95 Å². The quantitative estimate of drug-likeness (QED) is 0.402. The second kappa shape index (κ2) is 9.41. The molecule has 8 heteroatoms. The first-order chi connectivity index (χ1) is 17.3. The topological polar surface area (TPSA) is 87.2 Å². The molecule has 0 spiro atoms. The summed E-state index contributed by atoms with van der Waals surface area (Å²) in [5.74, 6) is 1.46. The molecule has 1 amide bonds. The fourth-order valence-electron chi connectivity index (χ4n) is 5.14. The van der Waals surface area contributed by atoms with Crippen LogP contribution in [0.25, 0.3) is 33.2 Å². The van der Waals surface area contributed by atoms with E-state index >= 15 is 0 Å². The molecule has 0 radical (unpaired) electrons. The van der Waals surface area contributed by atoms with Crippen LogP contribution in [0.5, 0.6) is 0 Å². The van der Waals surface area contributed by atoms with Gasteiger partial charge in [-0.1, -0.05) is 50.2 Å². The first-order valence-corrected chi connectivity index (χ1v) is 12.8. The molecule has 0 saturated carbocycles. The highest BCUT2D eigenvalue weighted by atomic mass is 16.6. The lowest BCUT2D eigenvalue weighted by Gasteiger charge is -2.26. The molecule has 2 aromatic carbocycles. The van der Waals surface area contributed by atoms with Crippen LogP contribution in [0.4, 0.5) is 10.7 Å². The largest absolute Gasteiger partial charge is 0.444 e. The van der Waals surface area contributed by atoms with E-state index in [0.29, 0.717) is 36.5 Å². The van der Waals surface area contributed by atoms with E-state index in [-0.39, 0.29) is 6.09 Å². The Kier molecular flexibility index (Phi) is 6.28. The number of aromatic nitrogens is 4. The van der Waals surface area contributed by atoms with Gasteiger partial charge in [-0.15, -0.1) is 0 Å². The van der Waals surface area contributed by atoms with Gasteiger partial charge in [0, 0.05) is 43.6 Å². The Balaban J connectivity index is 0.00000130. The molecule has 36 heavy (non-hydrogen) atoms. The maximum Gasteiger partial charge on any atom is 0.410 e. The zero-order chi connectivity index (χ0) is 25.4. The predicted molar refractivity (Wildman–Crippen MR) is 143 cm³/mol. The number of likely N-dealkylation sites (tertiary alicyclic amines) is 1. The highest BCUT2D eigenvalue weighted by Crippen LogP contribution is 2.35. The second-order valence-electron chi connectivity index (χ2n) is 10.3. The lowest BCUT2D eigenvalue weighted by atomic mass is 10.0. The number of carbonyl (C=O) groups is 1. The van der Waals surface area contributed by atoms with Crippen LogP contribution >= 0.6 is 0 Å². The zero-order valence-electron chi connectivity index (χ0n) is 21.7. The fourth-order valence-corrected chi connectivity index (χ4v) is 5.14. The molecule has 2 saturated heterocycles. The van der Waals surface area contributed by atoms with E-state index < -0.39 is 5.60 Å². The third kappa shape index (κ3) is 4.59. The van der Waals surface area contributed by atoms with Crippen LogP contribution in [0.1, 0.15) is 34.6 Å². The minimum absolute atomic E-state index is 0.221. The average molecular weight is 487 g/mol. The normalized spacial score (nSPS) is 19.4. The number of rotatable bonds is 2. The number of H-pyrrole nitrogens is 1. The molecular weight excluding hydrogens is 452 g/mol. The summed E-state index contributed by atoms with van der Waals surface area (Å²) in [6, 6.07) is 14.7. The molecular formula is C28H34N6O2. The standard InChI is InChI=1S/C26H28N6O2.C2H6/c1-26(2,3)34-25(33)32-13-19-11-31(12-20(19)14-32)24-29-21(22-23(30-24)28-15-27-22)18-9-8-16-6-4-5-7-17(16)10-18;1-2/h4-10,15,19-20H,11-14H2,1-3H3,(H,27,28,29,30);1-2H3. The van der Waals surface area contributed by atoms with Gasteiger partial charge >= 0.3 is 6.09 Å². The summed E-state index contributed by atoms with van der Waals surface area (Å²) in [6.45, 7) is 12.8. The van der Waals surface area contributed by atoms with Crippen molar-refractivity contribution in [2.45, 2.75) is 40.2 Å². The van der Waals surface area contributed by atoms with Gasteiger partial charge in [0.1, 0.15) is 16.8 Å². The Labute approximate surface area is 211 Å². The van der Waals surface area contributed by atoms with Gasteiger partial charge in [-0.25, -0.2) is 14.8 Å². The number of nitrogens with one attached hydrogen (secondary N) is 1. The van der Waals surface area contributed by atoms with Crippen LogP contribution in [0.3, 0.4) is 0 Å². The van der Waals surface area contributed by atoms with Crippen LogP contribution in [-0.2, 0) is 4.74 Å². The molecule has 8 nitrogen and oxygen atoms in total. The highest BCUT2D eigenvalue weighted by Gasteiger charge is 2.43. The van der Waals surface area contributed by atoms with Crippen molar-refractivity contribution in [3.63, 3.8) is 0 Å². The Bertz CT molecular complexity index is 1380. The van der Waals surface area contributed by atoms with Crippen molar-refractivity contribution in [1.29, 1.82) is 0 Å². The first-order valence-electron chi connectivity index (χ1n) is 12.8. The molecule has 2 aliphatic rings. The van der Waals surface area contributed by atoms with E-state index in [0.717, 1.165) is 29.9 Å².